The first kappa shape index (κ1) is 28.7. The van der Waals surface area contributed by atoms with E-state index in [1.165, 1.54) is 109 Å². The first-order valence-corrected chi connectivity index (χ1v) is 13.4. The van der Waals surface area contributed by atoms with Gasteiger partial charge in [-0.25, -0.2) is 0 Å². The van der Waals surface area contributed by atoms with Gasteiger partial charge in [0.15, 0.2) is 0 Å². The van der Waals surface area contributed by atoms with Gasteiger partial charge in [-0.2, -0.15) is 0 Å². The Bertz CT molecular complexity index is 329. The van der Waals surface area contributed by atoms with Gasteiger partial charge in [-0.3, -0.25) is 0 Å². The van der Waals surface area contributed by atoms with Crippen LogP contribution in [0.2, 0.25) is 0 Å². The fraction of sp³-hybridized carbons (Fsp3) is 0.862. The molecule has 0 aromatic carbocycles. The summed E-state index contributed by atoms with van der Waals surface area (Å²) < 4.78 is 0. The van der Waals surface area contributed by atoms with Crippen molar-refractivity contribution >= 4 is 0 Å². The Balaban J connectivity index is 3.70. The Labute approximate surface area is 186 Å². The van der Waals surface area contributed by atoms with Gasteiger partial charge in [0, 0.05) is 0 Å². The third-order valence-corrected chi connectivity index (χ3v) is 7.07. The molecular weight excluding hydrogens is 348 g/mol. The summed E-state index contributed by atoms with van der Waals surface area (Å²) in [6, 6.07) is 0. The van der Waals surface area contributed by atoms with Crippen molar-refractivity contribution in [1.29, 1.82) is 0 Å². The summed E-state index contributed by atoms with van der Waals surface area (Å²) in [5.74, 6) is 2.83. The lowest BCUT2D eigenvalue weighted by Crippen LogP contribution is -2.01. The fourth-order valence-corrected chi connectivity index (χ4v) is 4.69. The molecule has 0 aromatic rings. The lowest BCUT2D eigenvalue weighted by atomic mass is 9.90. The van der Waals surface area contributed by atoms with Crippen LogP contribution in [0.15, 0.2) is 12.2 Å². The third-order valence-electron chi connectivity index (χ3n) is 7.07. The van der Waals surface area contributed by atoms with Crippen LogP contribution < -0.4 is 0 Å². The van der Waals surface area contributed by atoms with Crippen molar-refractivity contribution in [2.24, 2.45) is 17.8 Å². The topological polar surface area (TPSA) is 0 Å². The molecule has 29 heavy (non-hydrogen) atoms. The zero-order valence-corrected chi connectivity index (χ0v) is 20.7. The minimum Gasteiger partial charge on any atom is -0.0885 e. The third kappa shape index (κ3) is 18.2. The van der Waals surface area contributed by atoms with E-state index in [2.05, 4.69) is 46.8 Å². The summed E-state index contributed by atoms with van der Waals surface area (Å²) in [7, 11) is 0. The van der Waals surface area contributed by atoms with Crippen LogP contribution in [0.1, 0.15) is 143 Å². The van der Waals surface area contributed by atoms with Crippen LogP contribution >= 0.6 is 0 Å². The smallest absolute Gasteiger partial charge is 0.0348 e. The number of allylic oxidation sites excluding steroid dienone is 2. The van der Waals surface area contributed by atoms with Gasteiger partial charge in [0.25, 0.3) is 0 Å². The molecule has 0 heteroatoms. The Hall–Kier alpha value is -0.260. The maximum atomic E-state index is 4.00. The largest absolute Gasteiger partial charge is 0.0885 e. The van der Waals surface area contributed by atoms with E-state index in [0.717, 1.165) is 30.6 Å². The molecule has 0 rings (SSSR count). The number of hydrogen-bond acceptors (Lipinski definition) is 0. The summed E-state index contributed by atoms with van der Waals surface area (Å²) in [5.41, 5.74) is 0. The van der Waals surface area contributed by atoms with E-state index in [0.29, 0.717) is 0 Å². The predicted molar refractivity (Wildman–Crippen MR) is 135 cm³/mol. The molecule has 3 atom stereocenters. The van der Waals surface area contributed by atoms with Crippen molar-refractivity contribution in [2.75, 3.05) is 0 Å². The standard InChI is InChI=1S/C29H56/c1-6-11-16-22-28(9-4)25-19-15-20-26-29(10-5)24-18-14-12-13-17-23-27(8-3)21-7-2/h12-13,27-29H,1-2,6-11,14-26H2,3-5H3. The number of hydrogen-bond donors (Lipinski definition) is 0. The molecule has 2 radical (unpaired) electrons. The molecule has 0 aliphatic heterocycles. The van der Waals surface area contributed by atoms with E-state index in [9.17, 15) is 0 Å². The SMILES string of the molecule is [CH2]CCCCC(CC)CCCCCC(CC)CCCC=CCCC(CC)CC[CH2]. The van der Waals surface area contributed by atoms with Crippen molar-refractivity contribution < 1.29 is 0 Å². The van der Waals surface area contributed by atoms with E-state index in [1.54, 1.807) is 0 Å². The second kappa shape index (κ2) is 22.4. The van der Waals surface area contributed by atoms with E-state index in [4.69, 9.17) is 0 Å². The summed E-state index contributed by atoms with van der Waals surface area (Å²) in [5, 5.41) is 0. The zero-order valence-electron chi connectivity index (χ0n) is 20.7. The molecule has 0 spiro atoms. The van der Waals surface area contributed by atoms with Gasteiger partial charge in [-0.1, -0.05) is 143 Å². The first-order chi connectivity index (χ1) is 14.2. The summed E-state index contributed by atoms with van der Waals surface area (Å²) in [4.78, 5) is 0. The lowest BCUT2D eigenvalue weighted by molar-refractivity contribution is 0.376. The lowest BCUT2D eigenvalue weighted by Gasteiger charge is -2.16. The molecule has 0 amide bonds. The van der Waals surface area contributed by atoms with Crippen molar-refractivity contribution in [3.8, 4) is 0 Å². The molecule has 0 bridgehead atoms. The Morgan fingerprint density at radius 3 is 1.48 bits per heavy atom. The van der Waals surface area contributed by atoms with E-state index in [1.807, 2.05) is 0 Å². The Morgan fingerprint density at radius 1 is 0.483 bits per heavy atom. The second-order valence-corrected chi connectivity index (χ2v) is 9.43. The van der Waals surface area contributed by atoms with Crippen LogP contribution in [-0.4, -0.2) is 0 Å². The highest BCUT2D eigenvalue weighted by atomic mass is 14.1. The second-order valence-electron chi connectivity index (χ2n) is 9.43. The monoisotopic (exact) mass is 404 g/mol. The summed E-state index contributed by atoms with van der Waals surface area (Å²) >= 11 is 0. The first-order valence-electron chi connectivity index (χ1n) is 13.4. The van der Waals surface area contributed by atoms with Crippen molar-refractivity contribution in [2.45, 2.75) is 143 Å². The van der Waals surface area contributed by atoms with E-state index >= 15 is 0 Å². The molecule has 0 fully saturated rings. The maximum Gasteiger partial charge on any atom is -0.0348 e. The molecule has 172 valence electrons. The summed E-state index contributed by atoms with van der Waals surface area (Å²) in [6.45, 7) is 15.1. The molecule has 0 aliphatic carbocycles. The van der Waals surface area contributed by atoms with Gasteiger partial charge in [0.1, 0.15) is 0 Å². The highest BCUT2D eigenvalue weighted by Crippen LogP contribution is 2.24. The number of rotatable bonds is 22. The molecule has 0 N–H and O–H groups in total. The van der Waals surface area contributed by atoms with Crippen LogP contribution in [0.4, 0.5) is 0 Å². The van der Waals surface area contributed by atoms with Gasteiger partial charge in [0.2, 0.25) is 0 Å². The van der Waals surface area contributed by atoms with Gasteiger partial charge in [-0.05, 0) is 43.4 Å². The molecule has 0 aliphatic rings. The molecule has 0 aromatic heterocycles. The van der Waals surface area contributed by atoms with Crippen molar-refractivity contribution in [3.63, 3.8) is 0 Å². The molecule has 0 saturated carbocycles. The normalized spacial score (nSPS) is 15.1. The highest BCUT2D eigenvalue weighted by Gasteiger charge is 2.08. The van der Waals surface area contributed by atoms with Crippen LogP contribution in [-0.2, 0) is 0 Å². The van der Waals surface area contributed by atoms with Gasteiger partial charge >= 0.3 is 0 Å². The minimum absolute atomic E-state index is 0.892. The van der Waals surface area contributed by atoms with Crippen molar-refractivity contribution in [1.82, 2.24) is 0 Å². The average Bonchev–Trinajstić information content (AvgIpc) is 2.74. The molecule has 0 heterocycles. The van der Waals surface area contributed by atoms with Gasteiger partial charge in [0.05, 0.1) is 0 Å². The van der Waals surface area contributed by atoms with Crippen LogP contribution in [0.25, 0.3) is 0 Å². The van der Waals surface area contributed by atoms with Crippen molar-refractivity contribution in [3.05, 3.63) is 26.0 Å². The van der Waals surface area contributed by atoms with E-state index < -0.39 is 0 Å². The van der Waals surface area contributed by atoms with Crippen LogP contribution in [0.3, 0.4) is 0 Å². The predicted octanol–water partition coefficient (Wildman–Crippen LogP) is 10.5. The fourth-order valence-electron chi connectivity index (χ4n) is 4.69. The quantitative estimate of drug-likeness (QED) is 0.124. The van der Waals surface area contributed by atoms with Crippen LogP contribution in [0, 0.1) is 31.6 Å². The Kier molecular flexibility index (Phi) is 22.2. The maximum absolute atomic E-state index is 4.00. The van der Waals surface area contributed by atoms with Crippen LogP contribution in [0.5, 0.6) is 0 Å². The minimum atomic E-state index is 0.892. The molecule has 3 unspecified atom stereocenters. The van der Waals surface area contributed by atoms with Gasteiger partial charge in [-0.15, -0.1) is 0 Å². The Morgan fingerprint density at radius 2 is 0.966 bits per heavy atom. The molecular formula is C29H56. The highest BCUT2D eigenvalue weighted by molar-refractivity contribution is 4.82. The summed E-state index contributed by atoms with van der Waals surface area (Å²) in [6.07, 6.45) is 30.6. The van der Waals surface area contributed by atoms with Gasteiger partial charge < -0.3 is 0 Å². The molecule has 0 nitrogen and oxygen atoms in total. The average molecular weight is 405 g/mol. The number of unbranched alkanes of at least 4 members (excludes halogenated alkanes) is 5. The molecule has 0 saturated heterocycles. The van der Waals surface area contributed by atoms with E-state index in [-0.39, 0.29) is 0 Å². The zero-order chi connectivity index (χ0) is 21.6.